The van der Waals surface area contributed by atoms with Gasteiger partial charge in [-0.2, -0.15) is 0 Å². The molecule has 0 atom stereocenters. The van der Waals surface area contributed by atoms with Gasteiger partial charge in [0.05, 0.1) is 5.70 Å². The van der Waals surface area contributed by atoms with Crippen LogP contribution in [0.2, 0.25) is 0 Å². The number of amides is 1. The predicted molar refractivity (Wildman–Crippen MR) is 69.5 cm³/mol. The first-order chi connectivity index (χ1) is 7.18. The lowest BCUT2D eigenvalue weighted by atomic mass is 9.95. The Morgan fingerprint density at radius 3 is 2.80 bits per heavy atom. The number of fused-ring (bicyclic) bond motifs is 1. The molecule has 0 bridgehead atoms. The van der Waals surface area contributed by atoms with Gasteiger partial charge in [-0.05, 0) is 41.0 Å². The van der Waals surface area contributed by atoms with Crippen molar-refractivity contribution in [3.05, 3.63) is 39.0 Å². The van der Waals surface area contributed by atoms with Crippen LogP contribution in [0.5, 0.6) is 0 Å². The molecule has 78 valence electrons. The molecule has 0 heterocycles. The second-order valence-corrected chi connectivity index (χ2v) is 4.92. The summed E-state index contributed by atoms with van der Waals surface area (Å²) < 4.78 is 1.24. The minimum Gasteiger partial charge on any atom is -0.325 e. The molecule has 15 heavy (non-hydrogen) atoms. The van der Waals surface area contributed by atoms with E-state index in [0.717, 1.165) is 18.5 Å². The van der Waals surface area contributed by atoms with Gasteiger partial charge in [-0.15, -0.1) is 0 Å². The Morgan fingerprint density at radius 2 is 2.07 bits per heavy atom. The average molecular weight is 313 g/mol. The second-order valence-electron chi connectivity index (χ2n) is 3.62. The lowest BCUT2D eigenvalue weighted by molar-refractivity contribution is -0.117. The molecule has 0 saturated carbocycles. The van der Waals surface area contributed by atoms with Gasteiger partial charge in [0.15, 0.2) is 0 Å². The number of nitrogens with one attached hydrogen (secondary N) is 1. The molecule has 1 aliphatic carbocycles. The largest absolute Gasteiger partial charge is 0.325 e. The molecule has 0 spiro atoms. The summed E-state index contributed by atoms with van der Waals surface area (Å²) in [6, 6.07) is 8.25. The Hall–Kier alpha value is -0.840. The molecule has 1 aliphatic rings. The Labute approximate surface area is 103 Å². The zero-order valence-electron chi connectivity index (χ0n) is 8.51. The summed E-state index contributed by atoms with van der Waals surface area (Å²) in [5.74, 6) is -0.00382. The summed E-state index contributed by atoms with van der Waals surface area (Å²) in [6.45, 7) is 1.55. The van der Waals surface area contributed by atoms with Gasteiger partial charge in [-0.25, -0.2) is 0 Å². The number of hydrogen-bond donors (Lipinski definition) is 1. The van der Waals surface area contributed by atoms with Gasteiger partial charge in [0.2, 0.25) is 5.91 Å². The van der Waals surface area contributed by atoms with Gasteiger partial charge < -0.3 is 5.32 Å². The molecule has 1 amide bonds. The predicted octanol–water partition coefficient (Wildman–Crippen LogP) is 2.87. The van der Waals surface area contributed by atoms with Crippen molar-refractivity contribution in [2.45, 2.75) is 19.8 Å². The number of carbonyl (C=O) groups is 1. The minimum atomic E-state index is -0.00382. The highest BCUT2D eigenvalue weighted by Crippen LogP contribution is 2.32. The molecule has 0 fully saturated rings. The Balaban J connectivity index is 2.45. The van der Waals surface area contributed by atoms with Gasteiger partial charge in [-0.3, -0.25) is 4.79 Å². The van der Waals surface area contributed by atoms with Crippen LogP contribution < -0.4 is 5.32 Å². The van der Waals surface area contributed by atoms with E-state index in [0.29, 0.717) is 0 Å². The first-order valence-electron chi connectivity index (χ1n) is 4.93. The third-order valence-corrected chi connectivity index (χ3v) is 3.55. The third kappa shape index (κ3) is 2.22. The number of benzene rings is 1. The summed E-state index contributed by atoms with van der Waals surface area (Å²) in [5.41, 5.74) is 3.48. The molecule has 1 aromatic rings. The van der Waals surface area contributed by atoms with Gasteiger partial charge in [0.1, 0.15) is 0 Å². The maximum atomic E-state index is 11.1. The Morgan fingerprint density at radius 1 is 1.33 bits per heavy atom. The Bertz CT molecular complexity index is 437. The van der Waals surface area contributed by atoms with Crippen LogP contribution in [-0.4, -0.2) is 5.91 Å². The van der Waals surface area contributed by atoms with Gasteiger partial charge in [0, 0.05) is 16.1 Å². The standard InChI is InChI=1S/C12H12INO/c1-8(15)14-12-10-5-3-2-4-9(10)6-7-11(12)13/h2-5H,6-7H2,1H3,(H,14,15). The lowest BCUT2D eigenvalue weighted by Gasteiger charge is -2.20. The van der Waals surface area contributed by atoms with Crippen LogP contribution in [0.1, 0.15) is 24.5 Å². The number of aryl methyl sites for hydroxylation is 1. The smallest absolute Gasteiger partial charge is 0.221 e. The molecule has 1 aromatic carbocycles. The summed E-state index contributed by atoms with van der Waals surface area (Å²) in [4.78, 5) is 11.1. The Kier molecular flexibility index (Phi) is 3.09. The van der Waals surface area contributed by atoms with Crippen molar-refractivity contribution in [2.24, 2.45) is 0 Å². The number of rotatable bonds is 1. The molecule has 1 N–H and O–H groups in total. The fraction of sp³-hybridized carbons (Fsp3) is 0.250. The van der Waals surface area contributed by atoms with Crippen LogP contribution in [0, 0.1) is 0 Å². The number of halogens is 1. The number of allylic oxidation sites excluding steroid dienone is 1. The van der Waals surface area contributed by atoms with Gasteiger partial charge >= 0.3 is 0 Å². The van der Waals surface area contributed by atoms with Gasteiger partial charge in [-0.1, -0.05) is 24.3 Å². The monoisotopic (exact) mass is 313 g/mol. The number of carbonyl (C=O) groups excluding carboxylic acids is 1. The van der Waals surface area contributed by atoms with E-state index in [9.17, 15) is 4.79 Å². The third-order valence-electron chi connectivity index (χ3n) is 2.47. The van der Waals surface area contributed by atoms with Crippen LogP contribution >= 0.6 is 22.6 Å². The van der Waals surface area contributed by atoms with Crippen molar-refractivity contribution < 1.29 is 4.79 Å². The zero-order chi connectivity index (χ0) is 10.8. The van der Waals surface area contributed by atoms with E-state index in [1.54, 1.807) is 6.92 Å². The molecule has 0 radical (unpaired) electrons. The fourth-order valence-corrected chi connectivity index (χ4v) is 2.50. The van der Waals surface area contributed by atoms with Crippen molar-refractivity contribution in [1.82, 2.24) is 5.32 Å². The average Bonchev–Trinajstić information content (AvgIpc) is 2.22. The van der Waals surface area contributed by atoms with E-state index in [4.69, 9.17) is 0 Å². The summed E-state index contributed by atoms with van der Waals surface area (Å²) in [6.07, 6.45) is 2.09. The van der Waals surface area contributed by atoms with E-state index in [1.165, 1.54) is 14.7 Å². The topological polar surface area (TPSA) is 29.1 Å². The first kappa shape index (κ1) is 10.7. The SMILES string of the molecule is CC(=O)NC1=C(I)CCc2ccccc21. The fourth-order valence-electron chi connectivity index (χ4n) is 1.81. The summed E-state index contributed by atoms with van der Waals surface area (Å²) in [7, 11) is 0. The van der Waals surface area contributed by atoms with Crippen molar-refractivity contribution in [1.29, 1.82) is 0 Å². The lowest BCUT2D eigenvalue weighted by Crippen LogP contribution is -2.21. The number of hydrogen-bond acceptors (Lipinski definition) is 1. The van der Waals surface area contributed by atoms with Crippen molar-refractivity contribution in [2.75, 3.05) is 0 Å². The highest BCUT2D eigenvalue weighted by Gasteiger charge is 2.17. The second kappa shape index (κ2) is 4.35. The van der Waals surface area contributed by atoms with Crippen molar-refractivity contribution in [3.63, 3.8) is 0 Å². The van der Waals surface area contributed by atoms with Crippen LogP contribution in [-0.2, 0) is 11.2 Å². The maximum absolute atomic E-state index is 11.1. The quantitative estimate of drug-likeness (QED) is 0.794. The highest BCUT2D eigenvalue weighted by molar-refractivity contribution is 14.1. The molecule has 2 rings (SSSR count). The normalized spacial score (nSPS) is 14.8. The molecular formula is C12H12INO. The molecule has 0 aliphatic heterocycles. The van der Waals surface area contributed by atoms with E-state index < -0.39 is 0 Å². The molecule has 3 heteroatoms. The van der Waals surface area contributed by atoms with Crippen molar-refractivity contribution >= 4 is 34.2 Å². The molecule has 0 aromatic heterocycles. The minimum absolute atomic E-state index is 0.00382. The van der Waals surface area contributed by atoms with E-state index in [2.05, 4.69) is 40.0 Å². The van der Waals surface area contributed by atoms with Crippen molar-refractivity contribution in [3.8, 4) is 0 Å². The van der Waals surface area contributed by atoms with Gasteiger partial charge in [0.25, 0.3) is 0 Å². The molecule has 0 unspecified atom stereocenters. The summed E-state index contributed by atoms with van der Waals surface area (Å²) >= 11 is 2.31. The molecule has 0 saturated heterocycles. The zero-order valence-corrected chi connectivity index (χ0v) is 10.7. The molecular weight excluding hydrogens is 301 g/mol. The highest BCUT2D eigenvalue weighted by atomic mass is 127. The van der Waals surface area contributed by atoms with E-state index in [1.807, 2.05) is 12.1 Å². The van der Waals surface area contributed by atoms with Crippen LogP contribution in [0.4, 0.5) is 0 Å². The summed E-state index contributed by atoms with van der Waals surface area (Å²) in [5, 5.41) is 2.92. The van der Waals surface area contributed by atoms with Crippen LogP contribution in [0.25, 0.3) is 5.70 Å². The van der Waals surface area contributed by atoms with Crippen LogP contribution in [0.3, 0.4) is 0 Å². The van der Waals surface area contributed by atoms with E-state index >= 15 is 0 Å². The maximum Gasteiger partial charge on any atom is 0.221 e. The van der Waals surface area contributed by atoms with Crippen LogP contribution in [0.15, 0.2) is 27.8 Å². The first-order valence-corrected chi connectivity index (χ1v) is 6.01. The van der Waals surface area contributed by atoms with E-state index in [-0.39, 0.29) is 5.91 Å². The molecule has 2 nitrogen and oxygen atoms in total.